The summed E-state index contributed by atoms with van der Waals surface area (Å²) in [4.78, 5) is 11.0. The third kappa shape index (κ3) is 3.26. The molecule has 20 heavy (non-hydrogen) atoms. The molecule has 0 atom stereocenters. The number of nitrogens with zero attached hydrogens (tertiary/aromatic N) is 3. The number of aromatic nitrogens is 2. The van der Waals surface area contributed by atoms with E-state index in [1.54, 1.807) is 6.33 Å². The predicted octanol–water partition coefficient (Wildman–Crippen LogP) is 3.11. The SMILES string of the molecule is CCNc1ncnc(N(C)Cc2ccccc2)c1CC. The van der Waals surface area contributed by atoms with Crippen LogP contribution in [0.5, 0.6) is 0 Å². The Hall–Kier alpha value is -2.10. The van der Waals surface area contributed by atoms with E-state index in [-0.39, 0.29) is 0 Å². The smallest absolute Gasteiger partial charge is 0.137 e. The summed E-state index contributed by atoms with van der Waals surface area (Å²) >= 11 is 0. The van der Waals surface area contributed by atoms with Crippen LogP contribution in [0.2, 0.25) is 0 Å². The van der Waals surface area contributed by atoms with Gasteiger partial charge in [-0.25, -0.2) is 9.97 Å². The maximum atomic E-state index is 4.46. The van der Waals surface area contributed by atoms with Crippen LogP contribution < -0.4 is 10.2 Å². The van der Waals surface area contributed by atoms with Crippen molar-refractivity contribution in [2.75, 3.05) is 23.8 Å². The zero-order valence-electron chi connectivity index (χ0n) is 12.4. The Morgan fingerprint density at radius 2 is 1.85 bits per heavy atom. The molecule has 106 valence electrons. The molecule has 0 amide bonds. The van der Waals surface area contributed by atoms with Gasteiger partial charge in [-0.1, -0.05) is 37.3 Å². The van der Waals surface area contributed by atoms with Gasteiger partial charge in [-0.15, -0.1) is 0 Å². The molecule has 0 unspecified atom stereocenters. The highest BCUT2D eigenvalue weighted by Crippen LogP contribution is 2.24. The molecule has 1 aromatic heterocycles. The molecule has 0 aliphatic carbocycles. The molecule has 0 spiro atoms. The highest BCUT2D eigenvalue weighted by Gasteiger charge is 2.13. The Morgan fingerprint density at radius 3 is 2.50 bits per heavy atom. The van der Waals surface area contributed by atoms with Crippen molar-refractivity contribution in [3.05, 3.63) is 47.8 Å². The fourth-order valence-corrected chi connectivity index (χ4v) is 2.31. The van der Waals surface area contributed by atoms with Crippen LogP contribution in [-0.4, -0.2) is 23.6 Å². The molecular weight excluding hydrogens is 248 g/mol. The molecule has 0 aliphatic rings. The van der Waals surface area contributed by atoms with Gasteiger partial charge in [0.1, 0.15) is 18.0 Å². The molecular formula is C16H22N4. The molecule has 1 N–H and O–H groups in total. The van der Waals surface area contributed by atoms with Crippen LogP contribution in [0.15, 0.2) is 36.7 Å². The van der Waals surface area contributed by atoms with Crippen molar-refractivity contribution in [1.29, 1.82) is 0 Å². The molecule has 2 aromatic rings. The van der Waals surface area contributed by atoms with E-state index < -0.39 is 0 Å². The van der Waals surface area contributed by atoms with Crippen molar-refractivity contribution in [3.63, 3.8) is 0 Å². The van der Waals surface area contributed by atoms with Gasteiger partial charge in [0, 0.05) is 25.7 Å². The minimum Gasteiger partial charge on any atom is -0.370 e. The number of hydrogen-bond donors (Lipinski definition) is 1. The molecule has 4 heteroatoms. The third-order valence-corrected chi connectivity index (χ3v) is 3.24. The quantitative estimate of drug-likeness (QED) is 0.875. The second-order valence-corrected chi connectivity index (χ2v) is 4.75. The summed E-state index contributed by atoms with van der Waals surface area (Å²) in [5.74, 6) is 1.95. The van der Waals surface area contributed by atoms with Crippen LogP contribution in [0, 0.1) is 0 Å². The van der Waals surface area contributed by atoms with Gasteiger partial charge in [0.25, 0.3) is 0 Å². The van der Waals surface area contributed by atoms with Crippen LogP contribution in [-0.2, 0) is 13.0 Å². The van der Waals surface area contributed by atoms with Crippen molar-refractivity contribution in [2.45, 2.75) is 26.8 Å². The Bertz CT molecular complexity index is 539. The van der Waals surface area contributed by atoms with E-state index in [0.717, 1.165) is 31.1 Å². The molecule has 0 saturated carbocycles. The standard InChI is InChI=1S/C16H22N4/c1-4-14-15(17-5-2)18-12-19-16(14)20(3)11-13-9-7-6-8-10-13/h6-10,12H,4-5,11H2,1-3H3,(H,17,18,19). The zero-order chi connectivity index (χ0) is 14.4. The van der Waals surface area contributed by atoms with E-state index in [9.17, 15) is 0 Å². The topological polar surface area (TPSA) is 41.1 Å². The zero-order valence-corrected chi connectivity index (χ0v) is 12.4. The molecule has 0 saturated heterocycles. The summed E-state index contributed by atoms with van der Waals surface area (Å²) in [7, 11) is 2.07. The van der Waals surface area contributed by atoms with Gasteiger partial charge in [0.15, 0.2) is 0 Å². The normalized spacial score (nSPS) is 10.3. The van der Waals surface area contributed by atoms with Gasteiger partial charge in [-0.3, -0.25) is 0 Å². The first-order chi connectivity index (χ1) is 9.76. The second-order valence-electron chi connectivity index (χ2n) is 4.75. The van der Waals surface area contributed by atoms with Gasteiger partial charge < -0.3 is 10.2 Å². The van der Waals surface area contributed by atoms with Crippen molar-refractivity contribution in [1.82, 2.24) is 9.97 Å². The third-order valence-electron chi connectivity index (χ3n) is 3.24. The van der Waals surface area contributed by atoms with Crippen LogP contribution in [0.3, 0.4) is 0 Å². The Kier molecular flexibility index (Phi) is 4.93. The summed E-state index contributed by atoms with van der Waals surface area (Å²) < 4.78 is 0. The maximum absolute atomic E-state index is 4.46. The summed E-state index contributed by atoms with van der Waals surface area (Å²) in [5, 5.41) is 3.31. The fourth-order valence-electron chi connectivity index (χ4n) is 2.31. The van der Waals surface area contributed by atoms with Crippen molar-refractivity contribution in [3.8, 4) is 0 Å². The average Bonchev–Trinajstić information content (AvgIpc) is 2.48. The summed E-state index contributed by atoms with van der Waals surface area (Å²) in [6.45, 7) is 5.93. The largest absolute Gasteiger partial charge is 0.370 e. The molecule has 0 radical (unpaired) electrons. The van der Waals surface area contributed by atoms with Crippen LogP contribution in [0.1, 0.15) is 25.0 Å². The predicted molar refractivity (Wildman–Crippen MR) is 84.1 cm³/mol. The second kappa shape index (κ2) is 6.89. The van der Waals surface area contributed by atoms with Gasteiger partial charge >= 0.3 is 0 Å². The minimum absolute atomic E-state index is 0.844. The van der Waals surface area contributed by atoms with Crippen LogP contribution >= 0.6 is 0 Å². The fraction of sp³-hybridized carbons (Fsp3) is 0.375. The van der Waals surface area contributed by atoms with Gasteiger partial charge in [0.2, 0.25) is 0 Å². The number of nitrogens with one attached hydrogen (secondary N) is 1. The number of hydrogen-bond acceptors (Lipinski definition) is 4. The average molecular weight is 270 g/mol. The highest BCUT2D eigenvalue weighted by molar-refractivity contribution is 5.58. The molecule has 0 fully saturated rings. The Balaban J connectivity index is 2.25. The van der Waals surface area contributed by atoms with E-state index in [2.05, 4.69) is 65.3 Å². The maximum Gasteiger partial charge on any atom is 0.137 e. The molecule has 1 heterocycles. The summed E-state index contributed by atoms with van der Waals surface area (Å²) in [6, 6.07) is 10.4. The molecule has 0 bridgehead atoms. The molecule has 0 aliphatic heterocycles. The summed E-state index contributed by atoms with van der Waals surface area (Å²) in [5.41, 5.74) is 2.45. The molecule has 2 rings (SSSR count). The minimum atomic E-state index is 0.844. The van der Waals surface area contributed by atoms with E-state index in [0.29, 0.717) is 0 Å². The number of rotatable bonds is 6. The van der Waals surface area contributed by atoms with E-state index in [4.69, 9.17) is 0 Å². The first-order valence-corrected chi connectivity index (χ1v) is 7.09. The Labute approximate surface area is 120 Å². The van der Waals surface area contributed by atoms with Gasteiger partial charge in [-0.05, 0) is 18.9 Å². The lowest BCUT2D eigenvalue weighted by Gasteiger charge is -2.22. The van der Waals surface area contributed by atoms with Crippen molar-refractivity contribution < 1.29 is 0 Å². The Morgan fingerprint density at radius 1 is 1.10 bits per heavy atom. The molecule has 1 aromatic carbocycles. The lowest BCUT2D eigenvalue weighted by Crippen LogP contribution is -2.20. The first-order valence-electron chi connectivity index (χ1n) is 7.09. The van der Waals surface area contributed by atoms with Crippen molar-refractivity contribution >= 4 is 11.6 Å². The van der Waals surface area contributed by atoms with Crippen LogP contribution in [0.25, 0.3) is 0 Å². The highest BCUT2D eigenvalue weighted by atomic mass is 15.2. The van der Waals surface area contributed by atoms with Gasteiger partial charge in [0.05, 0.1) is 0 Å². The van der Waals surface area contributed by atoms with Crippen LogP contribution in [0.4, 0.5) is 11.6 Å². The lowest BCUT2D eigenvalue weighted by atomic mass is 10.1. The molecule has 4 nitrogen and oxygen atoms in total. The number of anilines is 2. The summed E-state index contributed by atoms with van der Waals surface area (Å²) in [6.07, 6.45) is 2.55. The van der Waals surface area contributed by atoms with E-state index in [1.165, 1.54) is 11.1 Å². The van der Waals surface area contributed by atoms with Crippen molar-refractivity contribution in [2.24, 2.45) is 0 Å². The van der Waals surface area contributed by atoms with E-state index >= 15 is 0 Å². The monoisotopic (exact) mass is 270 g/mol. The first kappa shape index (κ1) is 14.3. The number of benzene rings is 1. The van der Waals surface area contributed by atoms with Gasteiger partial charge in [-0.2, -0.15) is 0 Å². The lowest BCUT2D eigenvalue weighted by molar-refractivity contribution is 0.870. The van der Waals surface area contributed by atoms with E-state index in [1.807, 2.05) is 6.07 Å².